The lowest BCUT2D eigenvalue weighted by Crippen LogP contribution is -2.37. The monoisotopic (exact) mass is 300 g/mol. The maximum atomic E-state index is 11.9. The summed E-state index contributed by atoms with van der Waals surface area (Å²) in [6.45, 7) is 0.548. The van der Waals surface area contributed by atoms with Crippen LogP contribution < -0.4 is 10.1 Å². The molecule has 6 nitrogen and oxygen atoms in total. The zero-order valence-electron chi connectivity index (χ0n) is 12.7. The van der Waals surface area contributed by atoms with Gasteiger partial charge >= 0.3 is 0 Å². The van der Waals surface area contributed by atoms with E-state index in [4.69, 9.17) is 4.74 Å². The third-order valence-corrected chi connectivity index (χ3v) is 3.91. The lowest BCUT2D eigenvalue weighted by molar-refractivity contribution is -0.121. The minimum absolute atomic E-state index is 0.0189. The second-order valence-electron chi connectivity index (χ2n) is 5.55. The van der Waals surface area contributed by atoms with Gasteiger partial charge in [0.1, 0.15) is 24.0 Å². The third kappa shape index (κ3) is 3.44. The van der Waals surface area contributed by atoms with Crippen LogP contribution in [0.15, 0.2) is 30.6 Å². The molecule has 1 aliphatic rings. The average Bonchev–Trinajstić information content (AvgIpc) is 2.96. The second-order valence-corrected chi connectivity index (χ2v) is 5.55. The van der Waals surface area contributed by atoms with Crippen LogP contribution in [0, 0.1) is 0 Å². The molecule has 0 saturated heterocycles. The van der Waals surface area contributed by atoms with Crippen molar-refractivity contribution in [2.75, 3.05) is 6.54 Å². The predicted octanol–water partition coefficient (Wildman–Crippen LogP) is 1.26. The maximum absolute atomic E-state index is 11.9. The quantitative estimate of drug-likeness (QED) is 0.902. The van der Waals surface area contributed by atoms with Crippen molar-refractivity contribution in [3.63, 3.8) is 0 Å². The van der Waals surface area contributed by atoms with Crippen molar-refractivity contribution in [3.8, 4) is 5.75 Å². The summed E-state index contributed by atoms with van der Waals surface area (Å²) < 4.78 is 7.74. The van der Waals surface area contributed by atoms with Gasteiger partial charge in [-0.3, -0.25) is 4.79 Å². The summed E-state index contributed by atoms with van der Waals surface area (Å²) in [6, 6.07) is 8.07. The molecule has 2 aromatic rings. The molecule has 116 valence electrons. The molecule has 3 rings (SSSR count). The summed E-state index contributed by atoms with van der Waals surface area (Å²) in [5, 5.41) is 10.7. The van der Waals surface area contributed by atoms with E-state index in [-0.39, 0.29) is 12.0 Å². The number of carbonyl (C=O) groups excluding carboxylic acids is 1. The van der Waals surface area contributed by atoms with Crippen LogP contribution in [0.5, 0.6) is 5.75 Å². The molecule has 1 N–H and O–H groups in total. The van der Waals surface area contributed by atoms with Crippen LogP contribution >= 0.6 is 0 Å². The number of hydrogen-bond donors (Lipinski definition) is 1. The van der Waals surface area contributed by atoms with E-state index in [0.29, 0.717) is 19.4 Å². The number of nitrogens with zero attached hydrogens (tertiary/aromatic N) is 3. The Hall–Kier alpha value is -2.37. The summed E-state index contributed by atoms with van der Waals surface area (Å²) in [4.78, 5) is 11.9. The van der Waals surface area contributed by atoms with Gasteiger partial charge in [0.25, 0.3) is 0 Å². The molecule has 1 aromatic heterocycles. The van der Waals surface area contributed by atoms with Crippen LogP contribution in [0.4, 0.5) is 0 Å². The lowest BCUT2D eigenvalue weighted by atomic mass is 10.0. The zero-order valence-corrected chi connectivity index (χ0v) is 12.7. The molecule has 0 saturated carbocycles. The van der Waals surface area contributed by atoms with Crippen molar-refractivity contribution in [2.45, 2.75) is 31.8 Å². The number of para-hydroxylation sites is 1. The molecule has 22 heavy (non-hydrogen) atoms. The van der Waals surface area contributed by atoms with Gasteiger partial charge in [0.05, 0.1) is 6.54 Å². The van der Waals surface area contributed by atoms with Gasteiger partial charge in [-0.15, -0.1) is 10.2 Å². The summed E-state index contributed by atoms with van der Waals surface area (Å²) >= 11 is 0. The Morgan fingerprint density at radius 3 is 3.14 bits per heavy atom. The van der Waals surface area contributed by atoms with E-state index in [1.807, 2.05) is 29.8 Å². The first-order valence-electron chi connectivity index (χ1n) is 7.56. The number of hydrogen-bond acceptors (Lipinski definition) is 4. The summed E-state index contributed by atoms with van der Waals surface area (Å²) in [5.41, 5.74) is 1.24. The molecule has 2 heterocycles. The first-order valence-corrected chi connectivity index (χ1v) is 7.56. The van der Waals surface area contributed by atoms with Gasteiger partial charge in [0.15, 0.2) is 0 Å². The Morgan fingerprint density at radius 2 is 2.32 bits per heavy atom. The normalized spacial score (nSPS) is 16.7. The number of aromatic nitrogens is 3. The van der Waals surface area contributed by atoms with Crippen LogP contribution in [0.25, 0.3) is 0 Å². The first kappa shape index (κ1) is 14.6. The number of carbonyl (C=O) groups is 1. The van der Waals surface area contributed by atoms with Crippen LogP contribution in [0.1, 0.15) is 24.2 Å². The van der Waals surface area contributed by atoms with Gasteiger partial charge in [-0.1, -0.05) is 18.2 Å². The van der Waals surface area contributed by atoms with Crippen molar-refractivity contribution >= 4 is 5.91 Å². The highest BCUT2D eigenvalue weighted by Gasteiger charge is 2.19. The van der Waals surface area contributed by atoms with Gasteiger partial charge in [0, 0.05) is 19.9 Å². The van der Waals surface area contributed by atoms with Crippen molar-refractivity contribution < 1.29 is 9.53 Å². The first-order chi connectivity index (χ1) is 10.7. The molecule has 1 aliphatic heterocycles. The molecule has 6 heteroatoms. The Bertz CT molecular complexity index is 653. The standard InChI is InChI=1S/C16H20N4O2/c1-20-11-18-19-15(20)8-9-16(21)17-10-13-7-6-12-4-2-3-5-14(12)22-13/h2-5,11,13H,6-10H2,1H3,(H,17,21)/t13-/m1/s1. The van der Waals surface area contributed by atoms with E-state index in [9.17, 15) is 4.79 Å². The highest BCUT2D eigenvalue weighted by Crippen LogP contribution is 2.26. The largest absolute Gasteiger partial charge is 0.488 e. The third-order valence-electron chi connectivity index (χ3n) is 3.91. The average molecular weight is 300 g/mol. The topological polar surface area (TPSA) is 69.0 Å². The number of nitrogens with one attached hydrogen (secondary N) is 1. The van der Waals surface area contributed by atoms with Crippen LogP contribution in [-0.4, -0.2) is 33.3 Å². The zero-order chi connectivity index (χ0) is 15.4. The highest BCUT2D eigenvalue weighted by atomic mass is 16.5. The van der Waals surface area contributed by atoms with Crippen LogP contribution in [0.3, 0.4) is 0 Å². The van der Waals surface area contributed by atoms with E-state index in [2.05, 4.69) is 21.6 Å². The summed E-state index contributed by atoms with van der Waals surface area (Å²) in [6.07, 6.45) is 4.62. The van der Waals surface area contributed by atoms with Gasteiger partial charge in [-0.25, -0.2) is 0 Å². The fourth-order valence-corrected chi connectivity index (χ4v) is 2.60. The smallest absolute Gasteiger partial charge is 0.220 e. The molecule has 0 aliphatic carbocycles. The Morgan fingerprint density at radius 1 is 1.45 bits per heavy atom. The van der Waals surface area contributed by atoms with E-state index in [1.165, 1.54) is 5.56 Å². The minimum Gasteiger partial charge on any atom is -0.488 e. The van der Waals surface area contributed by atoms with Gasteiger partial charge in [0.2, 0.25) is 5.91 Å². The SMILES string of the molecule is Cn1cnnc1CCC(=O)NC[C@H]1CCc2ccccc2O1. The highest BCUT2D eigenvalue weighted by molar-refractivity contribution is 5.76. The second kappa shape index (κ2) is 6.60. The van der Waals surface area contributed by atoms with Crippen molar-refractivity contribution in [3.05, 3.63) is 42.0 Å². The number of rotatable bonds is 5. The molecule has 0 unspecified atom stereocenters. The fourth-order valence-electron chi connectivity index (χ4n) is 2.60. The lowest BCUT2D eigenvalue weighted by Gasteiger charge is -2.26. The van der Waals surface area contributed by atoms with E-state index < -0.39 is 0 Å². The molecule has 0 fully saturated rings. The molecule has 1 aromatic carbocycles. The molecular weight excluding hydrogens is 280 g/mol. The molecule has 1 atom stereocenters. The number of fused-ring (bicyclic) bond motifs is 1. The van der Waals surface area contributed by atoms with E-state index in [0.717, 1.165) is 24.4 Å². The van der Waals surface area contributed by atoms with Crippen LogP contribution in [-0.2, 0) is 24.7 Å². The van der Waals surface area contributed by atoms with Gasteiger partial charge in [-0.05, 0) is 24.5 Å². The maximum Gasteiger partial charge on any atom is 0.220 e. The van der Waals surface area contributed by atoms with Crippen molar-refractivity contribution in [2.24, 2.45) is 7.05 Å². The Kier molecular flexibility index (Phi) is 4.37. The number of benzene rings is 1. The Balaban J connectivity index is 1.43. The molecule has 0 bridgehead atoms. The number of aryl methyl sites for hydroxylation is 3. The molecule has 0 radical (unpaired) electrons. The summed E-state index contributed by atoms with van der Waals surface area (Å²) in [7, 11) is 1.88. The van der Waals surface area contributed by atoms with Crippen molar-refractivity contribution in [1.82, 2.24) is 20.1 Å². The molecule has 1 amide bonds. The van der Waals surface area contributed by atoms with Gasteiger partial charge < -0.3 is 14.6 Å². The van der Waals surface area contributed by atoms with Crippen molar-refractivity contribution in [1.29, 1.82) is 0 Å². The van der Waals surface area contributed by atoms with Crippen LogP contribution in [0.2, 0.25) is 0 Å². The number of ether oxygens (including phenoxy) is 1. The van der Waals surface area contributed by atoms with E-state index in [1.54, 1.807) is 6.33 Å². The summed E-state index contributed by atoms with van der Waals surface area (Å²) in [5.74, 6) is 1.77. The Labute approximate surface area is 129 Å². The molecular formula is C16H20N4O2. The molecule has 0 spiro atoms. The minimum atomic E-state index is 0.0189. The fraction of sp³-hybridized carbons (Fsp3) is 0.438. The number of amides is 1. The van der Waals surface area contributed by atoms with E-state index >= 15 is 0 Å². The predicted molar refractivity (Wildman–Crippen MR) is 81.5 cm³/mol. The van der Waals surface area contributed by atoms with Gasteiger partial charge in [-0.2, -0.15) is 0 Å².